The van der Waals surface area contributed by atoms with E-state index in [4.69, 9.17) is 0 Å². The maximum atomic E-state index is 4.59. The SMILES string of the molecule is CCCn1ncc(CN2C[C@@H]3CN(C)[C@@H](c4ccccc4C)[C@@H]3C2)c1C.Cl.Cl. The zero-order valence-corrected chi connectivity index (χ0v) is 19.1. The standard InChI is InChI=1S/C22H32N4.2ClH/c1-5-10-26-17(3)18(11-23-26)13-25-14-19-12-24(4)22(21(19)15-25)20-9-7-6-8-16(20)2;;/h6-9,11,19,21-22H,5,10,12-15H2,1-4H3;2*1H/t19-,21+,22-;;/m0../s1. The van der Waals surface area contributed by atoms with Crippen LogP contribution in [-0.2, 0) is 13.1 Å². The van der Waals surface area contributed by atoms with Crippen molar-refractivity contribution in [1.82, 2.24) is 19.6 Å². The van der Waals surface area contributed by atoms with E-state index in [2.05, 4.69) is 77.9 Å². The molecule has 2 aliphatic rings. The summed E-state index contributed by atoms with van der Waals surface area (Å²) in [5, 5.41) is 4.59. The van der Waals surface area contributed by atoms with Crippen LogP contribution in [0.4, 0.5) is 0 Å². The van der Waals surface area contributed by atoms with Crippen molar-refractivity contribution in [2.24, 2.45) is 11.8 Å². The van der Waals surface area contributed by atoms with Gasteiger partial charge >= 0.3 is 0 Å². The largest absolute Gasteiger partial charge is 0.299 e. The second-order valence-corrected chi connectivity index (χ2v) is 8.34. The number of nitrogens with zero attached hydrogens (tertiary/aromatic N) is 4. The lowest BCUT2D eigenvalue weighted by Crippen LogP contribution is -2.29. The Balaban J connectivity index is 0.00000140. The van der Waals surface area contributed by atoms with E-state index in [0.717, 1.165) is 31.3 Å². The molecule has 4 nitrogen and oxygen atoms in total. The molecule has 2 aliphatic heterocycles. The number of likely N-dealkylation sites (tertiary alicyclic amines) is 2. The van der Waals surface area contributed by atoms with Crippen molar-refractivity contribution < 1.29 is 0 Å². The molecule has 0 saturated carbocycles. The van der Waals surface area contributed by atoms with E-state index in [-0.39, 0.29) is 24.8 Å². The molecular weight excluding hydrogens is 391 g/mol. The zero-order valence-electron chi connectivity index (χ0n) is 17.5. The maximum Gasteiger partial charge on any atom is 0.0537 e. The number of hydrogen-bond donors (Lipinski definition) is 0. The van der Waals surface area contributed by atoms with E-state index in [9.17, 15) is 0 Å². The van der Waals surface area contributed by atoms with Crippen molar-refractivity contribution in [1.29, 1.82) is 0 Å². The van der Waals surface area contributed by atoms with Crippen molar-refractivity contribution in [3.8, 4) is 0 Å². The molecule has 2 aromatic rings. The lowest BCUT2D eigenvalue weighted by atomic mass is 9.88. The second-order valence-electron chi connectivity index (χ2n) is 8.34. The molecular formula is C22H34Cl2N4. The van der Waals surface area contributed by atoms with Crippen LogP contribution in [0, 0.1) is 25.7 Å². The first kappa shape index (κ1) is 23.2. The van der Waals surface area contributed by atoms with Gasteiger partial charge in [0.15, 0.2) is 0 Å². The fourth-order valence-electron chi connectivity index (χ4n) is 5.18. The van der Waals surface area contributed by atoms with Gasteiger partial charge in [-0.1, -0.05) is 31.2 Å². The molecule has 156 valence electrons. The molecule has 1 aromatic heterocycles. The third kappa shape index (κ3) is 4.25. The second kappa shape index (κ2) is 9.62. The average molecular weight is 425 g/mol. The number of rotatable bonds is 5. The number of benzene rings is 1. The summed E-state index contributed by atoms with van der Waals surface area (Å²) in [5.41, 5.74) is 5.70. The number of halogens is 2. The Bertz CT molecular complexity index is 776. The Morgan fingerprint density at radius 1 is 1.07 bits per heavy atom. The first-order valence-corrected chi connectivity index (χ1v) is 10.1. The third-order valence-corrected chi connectivity index (χ3v) is 6.51. The summed E-state index contributed by atoms with van der Waals surface area (Å²) < 4.78 is 2.16. The molecule has 0 aliphatic carbocycles. The summed E-state index contributed by atoms with van der Waals surface area (Å²) in [6.45, 7) is 12.4. The predicted molar refractivity (Wildman–Crippen MR) is 121 cm³/mol. The molecule has 4 rings (SSSR count). The molecule has 2 saturated heterocycles. The van der Waals surface area contributed by atoms with E-state index < -0.39 is 0 Å². The Labute approximate surface area is 182 Å². The van der Waals surface area contributed by atoms with Gasteiger partial charge in [-0.05, 0) is 50.3 Å². The molecule has 1 aromatic carbocycles. The highest BCUT2D eigenvalue weighted by molar-refractivity contribution is 5.85. The Morgan fingerprint density at radius 3 is 2.54 bits per heavy atom. The number of hydrogen-bond acceptors (Lipinski definition) is 3. The molecule has 0 spiro atoms. The Kier molecular flexibility index (Phi) is 7.97. The van der Waals surface area contributed by atoms with E-state index >= 15 is 0 Å². The maximum absolute atomic E-state index is 4.59. The minimum atomic E-state index is 0. The van der Waals surface area contributed by atoms with Crippen LogP contribution in [-0.4, -0.2) is 46.3 Å². The fraction of sp³-hybridized carbons (Fsp3) is 0.591. The highest BCUT2D eigenvalue weighted by atomic mass is 35.5. The molecule has 28 heavy (non-hydrogen) atoms. The van der Waals surface area contributed by atoms with Gasteiger partial charge in [-0.25, -0.2) is 0 Å². The normalized spacial score (nSPS) is 24.6. The quantitative estimate of drug-likeness (QED) is 0.706. The van der Waals surface area contributed by atoms with Crippen LogP contribution in [0.15, 0.2) is 30.5 Å². The number of aryl methyl sites for hydroxylation is 2. The van der Waals surface area contributed by atoms with Crippen molar-refractivity contribution in [2.45, 2.75) is 46.3 Å². The monoisotopic (exact) mass is 424 g/mol. The van der Waals surface area contributed by atoms with E-state index in [1.54, 1.807) is 0 Å². The first-order valence-electron chi connectivity index (χ1n) is 10.1. The minimum Gasteiger partial charge on any atom is -0.299 e. The van der Waals surface area contributed by atoms with Crippen molar-refractivity contribution >= 4 is 24.8 Å². The molecule has 0 N–H and O–H groups in total. The summed E-state index contributed by atoms with van der Waals surface area (Å²) in [4.78, 5) is 5.24. The highest BCUT2D eigenvalue weighted by Gasteiger charge is 2.46. The smallest absolute Gasteiger partial charge is 0.0537 e. The summed E-state index contributed by atoms with van der Waals surface area (Å²) in [6, 6.07) is 9.51. The lowest BCUT2D eigenvalue weighted by Gasteiger charge is -2.28. The summed E-state index contributed by atoms with van der Waals surface area (Å²) >= 11 is 0. The molecule has 0 radical (unpaired) electrons. The van der Waals surface area contributed by atoms with Gasteiger partial charge in [-0.15, -0.1) is 24.8 Å². The van der Waals surface area contributed by atoms with Gasteiger partial charge < -0.3 is 0 Å². The predicted octanol–water partition coefficient (Wildman–Crippen LogP) is 4.49. The van der Waals surface area contributed by atoms with Gasteiger partial charge in [0, 0.05) is 50.0 Å². The van der Waals surface area contributed by atoms with Gasteiger partial charge in [0.25, 0.3) is 0 Å². The topological polar surface area (TPSA) is 24.3 Å². The molecule has 3 heterocycles. The molecule has 0 amide bonds. The molecule has 6 heteroatoms. The minimum absolute atomic E-state index is 0. The summed E-state index contributed by atoms with van der Waals surface area (Å²) in [6.07, 6.45) is 3.23. The van der Waals surface area contributed by atoms with Crippen LogP contribution in [0.2, 0.25) is 0 Å². The van der Waals surface area contributed by atoms with Crippen LogP contribution >= 0.6 is 24.8 Å². The van der Waals surface area contributed by atoms with Crippen molar-refractivity contribution in [3.63, 3.8) is 0 Å². The van der Waals surface area contributed by atoms with Crippen LogP contribution in [0.3, 0.4) is 0 Å². The number of aromatic nitrogens is 2. The molecule has 0 bridgehead atoms. The van der Waals surface area contributed by atoms with Crippen molar-refractivity contribution in [2.75, 3.05) is 26.7 Å². The van der Waals surface area contributed by atoms with Gasteiger partial charge in [-0.3, -0.25) is 14.5 Å². The molecule has 3 atom stereocenters. The van der Waals surface area contributed by atoms with Crippen LogP contribution in [0.25, 0.3) is 0 Å². The Morgan fingerprint density at radius 2 is 1.82 bits per heavy atom. The average Bonchev–Trinajstić information content (AvgIpc) is 3.24. The summed E-state index contributed by atoms with van der Waals surface area (Å²) in [5.74, 6) is 1.53. The third-order valence-electron chi connectivity index (χ3n) is 6.51. The van der Waals surface area contributed by atoms with Crippen LogP contribution in [0.1, 0.15) is 41.8 Å². The van der Waals surface area contributed by atoms with Gasteiger partial charge in [0.2, 0.25) is 0 Å². The van der Waals surface area contributed by atoms with E-state index in [1.165, 1.54) is 42.0 Å². The highest BCUT2D eigenvalue weighted by Crippen LogP contribution is 2.45. The fourth-order valence-corrected chi connectivity index (χ4v) is 5.18. The van der Waals surface area contributed by atoms with E-state index in [1.807, 2.05) is 0 Å². The van der Waals surface area contributed by atoms with Gasteiger partial charge in [0.05, 0.1) is 6.20 Å². The molecule has 0 unspecified atom stereocenters. The lowest BCUT2D eigenvalue weighted by molar-refractivity contribution is 0.224. The van der Waals surface area contributed by atoms with E-state index in [0.29, 0.717) is 6.04 Å². The summed E-state index contributed by atoms with van der Waals surface area (Å²) in [7, 11) is 2.30. The Hall–Kier alpha value is -1.07. The van der Waals surface area contributed by atoms with Gasteiger partial charge in [0.1, 0.15) is 0 Å². The van der Waals surface area contributed by atoms with Crippen LogP contribution < -0.4 is 0 Å². The first-order chi connectivity index (χ1) is 12.6. The van der Waals surface area contributed by atoms with Crippen LogP contribution in [0.5, 0.6) is 0 Å². The van der Waals surface area contributed by atoms with Crippen molar-refractivity contribution in [3.05, 3.63) is 52.8 Å². The van der Waals surface area contributed by atoms with Gasteiger partial charge in [-0.2, -0.15) is 5.10 Å². The zero-order chi connectivity index (χ0) is 18.3. The molecule has 2 fully saturated rings. The number of fused-ring (bicyclic) bond motifs is 1.